The zero-order valence-electron chi connectivity index (χ0n) is 28.1. The minimum absolute atomic E-state index is 0.312. The smallest absolute Gasteiger partial charge is 0.135 e. The summed E-state index contributed by atoms with van der Waals surface area (Å²) in [6.07, 6.45) is 0. The van der Waals surface area contributed by atoms with E-state index in [-0.39, 0.29) is 0 Å². The van der Waals surface area contributed by atoms with Gasteiger partial charge in [0.2, 0.25) is 0 Å². The summed E-state index contributed by atoms with van der Waals surface area (Å²) in [5.74, 6) is 0. The van der Waals surface area contributed by atoms with Crippen molar-refractivity contribution in [2.75, 3.05) is 5.32 Å². The molecule has 1 aromatic heterocycles. The minimum Gasteiger partial charge on any atom is -0.456 e. The maximum Gasteiger partial charge on any atom is 0.135 e. The molecule has 0 bridgehead atoms. The molecule has 0 atom stereocenters. The molecule has 1 N–H and O–H groups in total. The zero-order valence-corrected chi connectivity index (χ0v) is 22.1. The third kappa shape index (κ3) is 3.79. The van der Waals surface area contributed by atoms with Crippen LogP contribution < -0.4 is 5.32 Å². The third-order valence-corrected chi connectivity index (χ3v) is 8.13. The molecule has 0 spiro atoms. The topological polar surface area (TPSA) is 25.2 Å². The lowest BCUT2D eigenvalue weighted by Crippen LogP contribution is -2.14. The second-order valence-corrected chi connectivity index (χ2v) is 10.6. The number of hydrogen-bond donors (Lipinski definition) is 1. The van der Waals surface area contributed by atoms with Crippen LogP contribution >= 0.6 is 0 Å². The van der Waals surface area contributed by atoms with Gasteiger partial charge < -0.3 is 9.73 Å². The van der Waals surface area contributed by atoms with Crippen LogP contribution in [0.15, 0.2) is 138 Å². The van der Waals surface area contributed by atoms with E-state index >= 15 is 0 Å². The van der Waals surface area contributed by atoms with Gasteiger partial charge in [-0.2, -0.15) is 0 Å². The molecule has 6 aromatic carbocycles. The first kappa shape index (κ1) is 18.3. The summed E-state index contributed by atoms with van der Waals surface area (Å²) in [6, 6.07) is 42.8. The van der Waals surface area contributed by atoms with Gasteiger partial charge in [0, 0.05) is 35.8 Å². The van der Waals surface area contributed by atoms with Gasteiger partial charge in [0.05, 0.1) is 0 Å². The van der Waals surface area contributed by atoms with Crippen LogP contribution in [-0.2, 0) is 5.41 Å². The Kier molecular flexibility index (Phi) is 4.00. The Hall–Kier alpha value is -5.08. The van der Waals surface area contributed by atoms with Crippen molar-refractivity contribution in [3.8, 4) is 33.4 Å². The van der Waals surface area contributed by atoms with E-state index in [0.717, 1.165) is 55.6 Å². The monoisotopic (exact) mass is 533 g/mol. The zero-order chi connectivity index (χ0) is 32.6. The van der Waals surface area contributed by atoms with Gasteiger partial charge in [0.25, 0.3) is 0 Å². The Bertz CT molecular complexity index is 2300. The lowest BCUT2D eigenvalue weighted by molar-refractivity contribution is 0.660. The van der Waals surface area contributed by atoms with Crippen molar-refractivity contribution in [1.29, 1.82) is 0 Å². The van der Waals surface area contributed by atoms with Gasteiger partial charge in [-0.15, -0.1) is 0 Å². The number of furan rings is 1. The molecule has 1 aliphatic carbocycles. The van der Waals surface area contributed by atoms with Crippen LogP contribution in [0.4, 0.5) is 11.4 Å². The van der Waals surface area contributed by atoms with Gasteiger partial charge in [-0.1, -0.05) is 105 Å². The standard InChI is InChI=1S/C39H29NO/c1-39(2)34-14-5-3-12-32(34)38-30(13-8-15-35(38)39)27-9-7-10-29(23-27)40-28-20-17-25(18-21-28)26-19-22-37-33(24-26)31-11-4-6-16-36(31)41-37/h3-24,40H,1-2H3/i1D3,2D3. The molecule has 196 valence electrons. The molecule has 0 radical (unpaired) electrons. The van der Waals surface area contributed by atoms with Crippen LogP contribution in [0.2, 0.25) is 0 Å². The maximum absolute atomic E-state index is 8.52. The fourth-order valence-electron chi connectivity index (χ4n) is 6.15. The number of benzene rings is 6. The summed E-state index contributed by atoms with van der Waals surface area (Å²) in [5, 5.41) is 5.68. The fourth-order valence-corrected chi connectivity index (χ4v) is 6.15. The lowest BCUT2D eigenvalue weighted by atomic mass is 9.82. The van der Waals surface area contributed by atoms with Crippen LogP contribution in [-0.4, -0.2) is 0 Å². The van der Waals surface area contributed by atoms with Crippen LogP contribution in [0.25, 0.3) is 55.3 Å². The number of anilines is 2. The van der Waals surface area contributed by atoms with Crippen molar-refractivity contribution >= 4 is 33.3 Å². The number of para-hydroxylation sites is 1. The highest BCUT2D eigenvalue weighted by Crippen LogP contribution is 2.52. The van der Waals surface area contributed by atoms with E-state index in [1.807, 2.05) is 78.9 Å². The molecular weight excluding hydrogens is 498 g/mol. The third-order valence-electron chi connectivity index (χ3n) is 8.13. The molecule has 0 saturated heterocycles. The van der Waals surface area contributed by atoms with E-state index in [2.05, 4.69) is 35.6 Å². The van der Waals surface area contributed by atoms with Crippen molar-refractivity contribution in [2.24, 2.45) is 0 Å². The average molecular weight is 534 g/mol. The Balaban J connectivity index is 1.14. The van der Waals surface area contributed by atoms with Gasteiger partial charge in [0.15, 0.2) is 0 Å². The predicted molar refractivity (Wildman–Crippen MR) is 172 cm³/mol. The molecule has 2 heteroatoms. The van der Waals surface area contributed by atoms with Crippen molar-refractivity contribution in [1.82, 2.24) is 0 Å². The summed E-state index contributed by atoms with van der Waals surface area (Å²) in [4.78, 5) is 0. The van der Waals surface area contributed by atoms with E-state index in [1.54, 1.807) is 24.3 Å². The van der Waals surface area contributed by atoms with Crippen LogP contribution in [0.5, 0.6) is 0 Å². The summed E-state index contributed by atoms with van der Waals surface area (Å²) >= 11 is 0. The molecule has 7 aromatic rings. The second-order valence-electron chi connectivity index (χ2n) is 10.6. The highest BCUT2D eigenvalue weighted by Gasteiger charge is 2.36. The average Bonchev–Trinajstić information content (AvgIpc) is 3.59. The van der Waals surface area contributed by atoms with Crippen molar-refractivity contribution in [2.45, 2.75) is 19.1 Å². The van der Waals surface area contributed by atoms with E-state index in [9.17, 15) is 0 Å². The first-order chi connectivity index (χ1) is 22.6. The Labute approximate surface area is 248 Å². The quantitative estimate of drug-likeness (QED) is 0.243. The largest absolute Gasteiger partial charge is 0.456 e. The van der Waals surface area contributed by atoms with Crippen LogP contribution in [0.1, 0.15) is 33.1 Å². The van der Waals surface area contributed by atoms with Crippen molar-refractivity contribution in [3.63, 3.8) is 0 Å². The molecule has 2 nitrogen and oxygen atoms in total. The molecule has 0 unspecified atom stereocenters. The SMILES string of the molecule is [2H]C([2H])([2H])C1(C([2H])([2H])[2H])c2ccccc2-c2c(-c3cccc(Nc4ccc(-c5ccc6oc7ccccc7c6c5)cc4)c3)cccc21. The second kappa shape index (κ2) is 8.97. The summed E-state index contributed by atoms with van der Waals surface area (Å²) < 4.78 is 57.1. The molecule has 0 amide bonds. The van der Waals surface area contributed by atoms with Gasteiger partial charge in [-0.3, -0.25) is 0 Å². The summed E-state index contributed by atoms with van der Waals surface area (Å²) in [6.45, 7) is -5.60. The van der Waals surface area contributed by atoms with Gasteiger partial charge in [-0.25, -0.2) is 0 Å². The molecule has 1 heterocycles. The van der Waals surface area contributed by atoms with E-state index in [4.69, 9.17) is 12.6 Å². The van der Waals surface area contributed by atoms with E-state index < -0.39 is 19.1 Å². The van der Waals surface area contributed by atoms with Crippen molar-refractivity contribution < 1.29 is 12.6 Å². The fraction of sp³-hybridized carbons (Fsp3) is 0.0769. The molecule has 8 rings (SSSR count). The number of hydrogen-bond acceptors (Lipinski definition) is 2. The van der Waals surface area contributed by atoms with E-state index in [0.29, 0.717) is 22.3 Å². The molecular formula is C39H29NO. The minimum atomic E-state index is -2.80. The normalized spacial score (nSPS) is 16.1. The summed E-state index contributed by atoms with van der Waals surface area (Å²) in [5.41, 5.74) is 7.11. The molecule has 1 aliphatic rings. The maximum atomic E-state index is 8.52. The first-order valence-electron chi connectivity index (χ1n) is 16.7. The Morgan fingerprint density at radius 3 is 2.17 bits per heavy atom. The van der Waals surface area contributed by atoms with E-state index in [1.165, 1.54) is 0 Å². The van der Waals surface area contributed by atoms with Crippen molar-refractivity contribution in [3.05, 3.63) is 145 Å². The number of fused-ring (bicyclic) bond motifs is 6. The Morgan fingerprint density at radius 1 is 0.537 bits per heavy atom. The first-order valence-corrected chi connectivity index (χ1v) is 13.7. The highest BCUT2D eigenvalue weighted by molar-refractivity contribution is 6.06. The number of nitrogens with one attached hydrogen (secondary N) is 1. The van der Waals surface area contributed by atoms with Crippen LogP contribution in [0.3, 0.4) is 0 Å². The van der Waals surface area contributed by atoms with Gasteiger partial charge in [0.1, 0.15) is 11.2 Å². The highest BCUT2D eigenvalue weighted by atomic mass is 16.3. The predicted octanol–water partition coefficient (Wildman–Crippen LogP) is 11.0. The Morgan fingerprint density at radius 2 is 1.27 bits per heavy atom. The van der Waals surface area contributed by atoms with Gasteiger partial charge >= 0.3 is 0 Å². The molecule has 0 fully saturated rings. The van der Waals surface area contributed by atoms with Crippen LogP contribution in [0, 0.1) is 0 Å². The number of rotatable bonds is 4. The lowest BCUT2D eigenvalue weighted by Gasteiger charge is -2.21. The molecule has 41 heavy (non-hydrogen) atoms. The molecule has 0 aliphatic heterocycles. The molecule has 0 saturated carbocycles. The summed E-state index contributed by atoms with van der Waals surface area (Å²) in [7, 11) is 0. The van der Waals surface area contributed by atoms with Gasteiger partial charge in [-0.05, 0) is 87.0 Å².